The molecule has 3 heteroatoms. The van der Waals surface area contributed by atoms with Crippen LogP contribution in [0.1, 0.15) is 12.8 Å². The minimum Gasteiger partial charge on any atom is -0.487 e. The van der Waals surface area contributed by atoms with Gasteiger partial charge in [0.25, 0.3) is 0 Å². The van der Waals surface area contributed by atoms with E-state index in [1.165, 1.54) is 12.8 Å². The number of benzene rings is 1. The maximum Gasteiger partial charge on any atom is 0.155 e. The van der Waals surface area contributed by atoms with Gasteiger partial charge in [0, 0.05) is 0 Å². The van der Waals surface area contributed by atoms with Crippen LogP contribution in [0.5, 0.6) is 5.75 Å². The van der Waals surface area contributed by atoms with E-state index in [4.69, 9.17) is 10.5 Å². The van der Waals surface area contributed by atoms with Crippen molar-refractivity contribution in [2.45, 2.75) is 18.9 Å². The summed E-state index contributed by atoms with van der Waals surface area (Å²) in [7, 11) is 0. The van der Waals surface area contributed by atoms with E-state index in [1.807, 2.05) is 18.2 Å². The summed E-state index contributed by atoms with van der Waals surface area (Å²) in [5.41, 5.74) is 6.51. The third kappa shape index (κ3) is 1.65. The van der Waals surface area contributed by atoms with Gasteiger partial charge in [-0.25, -0.2) is 0 Å². The first-order valence-corrected chi connectivity index (χ1v) is 5.06. The van der Waals surface area contributed by atoms with Crippen LogP contribution in [-0.4, -0.2) is 6.10 Å². The van der Waals surface area contributed by atoms with Crippen molar-refractivity contribution in [2.75, 3.05) is 5.73 Å². The summed E-state index contributed by atoms with van der Waals surface area (Å²) in [6.07, 6.45) is 2.76. The van der Waals surface area contributed by atoms with E-state index in [-0.39, 0.29) is 0 Å². The molecule has 12 heavy (non-hydrogen) atoms. The average molecular weight is 275 g/mol. The van der Waals surface area contributed by atoms with Crippen molar-refractivity contribution >= 4 is 28.3 Å². The fourth-order valence-corrected chi connectivity index (χ4v) is 1.65. The molecule has 0 unspecified atom stereocenters. The van der Waals surface area contributed by atoms with E-state index < -0.39 is 0 Å². The molecule has 0 spiro atoms. The van der Waals surface area contributed by atoms with Gasteiger partial charge in [-0.05, 0) is 47.6 Å². The zero-order valence-corrected chi connectivity index (χ0v) is 8.74. The molecule has 1 aliphatic carbocycles. The monoisotopic (exact) mass is 275 g/mol. The molecule has 1 aliphatic rings. The number of anilines is 1. The maximum absolute atomic E-state index is 5.77. The minimum atomic E-state index is 0.420. The lowest BCUT2D eigenvalue weighted by Gasteiger charge is -2.08. The van der Waals surface area contributed by atoms with Crippen molar-refractivity contribution in [3.63, 3.8) is 0 Å². The van der Waals surface area contributed by atoms with Crippen LogP contribution in [-0.2, 0) is 0 Å². The summed E-state index contributed by atoms with van der Waals surface area (Å²) in [5, 5.41) is 0. The lowest BCUT2D eigenvalue weighted by atomic mass is 10.3. The summed E-state index contributed by atoms with van der Waals surface area (Å²) < 4.78 is 6.75. The summed E-state index contributed by atoms with van der Waals surface area (Å²) >= 11 is 2.24. The van der Waals surface area contributed by atoms with Gasteiger partial charge >= 0.3 is 0 Å². The fraction of sp³-hybridized carbons (Fsp3) is 0.333. The van der Waals surface area contributed by atoms with E-state index in [1.54, 1.807) is 0 Å². The lowest BCUT2D eigenvalue weighted by molar-refractivity contribution is 0.303. The number of rotatable bonds is 2. The largest absolute Gasteiger partial charge is 0.487 e. The van der Waals surface area contributed by atoms with E-state index in [2.05, 4.69) is 22.6 Å². The SMILES string of the molecule is Nc1cccc(I)c1OC1CC1. The number of hydrogen-bond donors (Lipinski definition) is 1. The Kier molecular flexibility index (Phi) is 2.12. The smallest absolute Gasteiger partial charge is 0.155 e. The van der Waals surface area contributed by atoms with Gasteiger partial charge in [-0.15, -0.1) is 0 Å². The van der Waals surface area contributed by atoms with Crippen molar-refractivity contribution in [3.8, 4) is 5.75 Å². The second-order valence-corrected chi connectivity index (χ2v) is 4.14. The first-order valence-electron chi connectivity index (χ1n) is 3.98. The zero-order valence-electron chi connectivity index (χ0n) is 6.59. The normalized spacial score (nSPS) is 16.1. The predicted molar refractivity (Wildman–Crippen MR) is 57.2 cm³/mol. The Morgan fingerprint density at radius 1 is 1.42 bits per heavy atom. The van der Waals surface area contributed by atoms with Gasteiger partial charge in [-0.2, -0.15) is 0 Å². The van der Waals surface area contributed by atoms with Crippen LogP contribution in [0.15, 0.2) is 18.2 Å². The molecular weight excluding hydrogens is 265 g/mol. The lowest BCUT2D eigenvalue weighted by Crippen LogP contribution is -2.01. The molecule has 0 saturated heterocycles. The molecule has 1 saturated carbocycles. The molecule has 1 aromatic carbocycles. The number of hydrogen-bond acceptors (Lipinski definition) is 2. The standard InChI is InChI=1S/C9H10INO/c10-7-2-1-3-8(11)9(7)12-6-4-5-6/h1-3,6H,4-5,11H2. The highest BCUT2D eigenvalue weighted by atomic mass is 127. The van der Waals surface area contributed by atoms with E-state index in [9.17, 15) is 0 Å². The fourth-order valence-electron chi connectivity index (χ4n) is 1.00. The summed E-state index contributed by atoms with van der Waals surface area (Å²) in [6.45, 7) is 0. The molecule has 0 bridgehead atoms. The second-order valence-electron chi connectivity index (χ2n) is 2.98. The zero-order chi connectivity index (χ0) is 8.55. The number of nitrogens with two attached hydrogens (primary N) is 1. The molecular formula is C9H10INO. The third-order valence-electron chi connectivity index (χ3n) is 1.81. The third-order valence-corrected chi connectivity index (χ3v) is 2.66. The van der Waals surface area contributed by atoms with Crippen LogP contribution in [0, 0.1) is 3.57 Å². The van der Waals surface area contributed by atoms with Crippen molar-refractivity contribution in [3.05, 3.63) is 21.8 Å². The van der Waals surface area contributed by atoms with Crippen molar-refractivity contribution in [2.24, 2.45) is 0 Å². The molecule has 0 aliphatic heterocycles. The van der Waals surface area contributed by atoms with Crippen LogP contribution in [0.2, 0.25) is 0 Å². The average Bonchev–Trinajstić information content (AvgIpc) is 2.80. The second kappa shape index (κ2) is 3.12. The van der Waals surface area contributed by atoms with Crippen LogP contribution < -0.4 is 10.5 Å². The quantitative estimate of drug-likeness (QED) is 0.664. The van der Waals surface area contributed by atoms with Gasteiger partial charge in [-0.3, -0.25) is 0 Å². The highest BCUT2D eigenvalue weighted by Crippen LogP contribution is 2.33. The number of nitrogen functional groups attached to an aromatic ring is 1. The Morgan fingerprint density at radius 2 is 2.17 bits per heavy atom. The molecule has 1 fully saturated rings. The summed E-state index contributed by atoms with van der Waals surface area (Å²) in [6, 6.07) is 5.82. The Bertz CT molecular complexity index is 276. The molecule has 64 valence electrons. The first kappa shape index (κ1) is 8.16. The number of para-hydroxylation sites is 1. The predicted octanol–water partition coefficient (Wildman–Crippen LogP) is 2.41. The molecule has 0 radical (unpaired) electrons. The molecule has 2 nitrogen and oxygen atoms in total. The van der Waals surface area contributed by atoms with E-state index >= 15 is 0 Å². The van der Waals surface area contributed by atoms with Crippen molar-refractivity contribution in [1.82, 2.24) is 0 Å². The van der Waals surface area contributed by atoms with Gasteiger partial charge in [0.15, 0.2) is 5.75 Å². The van der Waals surface area contributed by atoms with Crippen molar-refractivity contribution in [1.29, 1.82) is 0 Å². The van der Waals surface area contributed by atoms with Crippen LogP contribution in [0.3, 0.4) is 0 Å². The number of ether oxygens (including phenoxy) is 1. The highest BCUT2D eigenvalue weighted by molar-refractivity contribution is 14.1. The van der Waals surface area contributed by atoms with Crippen LogP contribution in [0.4, 0.5) is 5.69 Å². The van der Waals surface area contributed by atoms with E-state index in [0.29, 0.717) is 6.10 Å². The van der Waals surface area contributed by atoms with Gasteiger partial charge in [0.2, 0.25) is 0 Å². The molecule has 2 N–H and O–H groups in total. The van der Waals surface area contributed by atoms with Crippen LogP contribution in [0.25, 0.3) is 0 Å². The van der Waals surface area contributed by atoms with Gasteiger partial charge in [-0.1, -0.05) is 6.07 Å². The van der Waals surface area contributed by atoms with Crippen LogP contribution >= 0.6 is 22.6 Å². The molecule has 0 amide bonds. The summed E-state index contributed by atoms with van der Waals surface area (Å²) in [4.78, 5) is 0. The van der Waals surface area contributed by atoms with E-state index in [0.717, 1.165) is 15.0 Å². The Labute approximate surface area is 85.2 Å². The number of halogens is 1. The Hall–Kier alpha value is -0.450. The Morgan fingerprint density at radius 3 is 2.75 bits per heavy atom. The molecule has 0 heterocycles. The van der Waals surface area contributed by atoms with Gasteiger partial charge in [0.05, 0.1) is 15.4 Å². The van der Waals surface area contributed by atoms with Gasteiger partial charge in [0.1, 0.15) is 0 Å². The van der Waals surface area contributed by atoms with Crippen molar-refractivity contribution < 1.29 is 4.74 Å². The molecule has 0 atom stereocenters. The highest BCUT2D eigenvalue weighted by Gasteiger charge is 2.25. The first-order chi connectivity index (χ1) is 5.77. The minimum absolute atomic E-state index is 0.420. The topological polar surface area (TPSA) is 35.2 Å². The maximum atomic E-state index is 5.77. The molecule has 0 aromatic heterocycles. The summed E-state index contributed by atoms with van der Waals surface area (Å²) in [5.74, 6) is 0.862. The van der Waals surface area contributed by atoms with Gasteiger partial charge < -0.3 is 10.5 Å². The molecule has 2 rings (SSSR count). The Balaban J connectivity index is 2.26. The molecule has 1 aromatic rings.